The molecule has 0 aliphatic carbocycles. The van der Waals surface area contributed by atoms with Crippen molar-refractivity contribution in [3.63, 3.8) is 0 Å². The average molecular weight is 372 g/mol. The molecular weight excluding hydrogens is 356 g/mol. The Bertz CT molecular complexity index is 593. The number of likely N-dealkylation sites (tertiary alicyclic amines) is 1. The molecule has 1 aromatic rings. The van der Waals surface area contributed by atoms with Gasteiger partial charge in [0.2, 0.25) is 5.91 Å². The lowest BCUT2D eigenvalue weighted by molar-refractivity contribution is -0.125. The van der Waals surface area contributed by atoms with Crippen molar-refractivity contribution >= 4 is 39.3 Å². The molecule has 2 fully saturated rings. The monoisotopic (exact) mass is 370 g/mol. The molecule has 0 bridgehead atoms. The third-order valence-corrected chi connectivity index (χ3v) is 5.20. The molecule has 1 aromatic carbocycles. The van der Waals surface area contributed by atoms with Crippen molar-refractivity contribution in [3.05, 3.63) is 33.3 Å². The maximum atomic E-state index is 12.7. The van der Waals surface area contributed by atoms with Crippen molar-refractivity contribution in [3.8, 4) is 0 Å². The Balaban J connectivity index is 1.74. The Kier molecular flexibility index (Phi) is 4.22. The summed E-state index contributed by atoms with van der Waals surface area (Å²) in [6.07, 6.45) is 2.24. The van der Waals surface area contributed by atoms with Crippen LogP contribution in [0.2, 0.25) is 5.02 Å². The standard InChI is InChI=1S/C15H16BrClN2O2/c16-12-3-2-10(17)7-11(12)15(21)19-6-5-13-9(8-19)1-4-14(20)18-13/h2-3,7,9,13H,1,4-6,8H2,(H,18,20). The number of rotatable bonds is 1. The second-order valence-corrected chi connectivity index (χ2v) is 6.93. The number of carbonyl (C=O) groups is 2. The van der Waals surface area contributed by atoms with E-state index in [4.69, 9.17) is 11.6 Å². The van der Waals surface area contributed by atoms with Gasteiger partial charge < -0.3 is 10.2 Å². The van der Waals surface area contributed by atoms with Gasteiger partial charge in [0, 0.05) is 35.0 Å². The Labute approximate surface area is 137 Å². The molecule has 2 aliphatic heterocycles. The van der Waals surface area contributed by atoms with E-state index in [1.54, 1.807) is 18.2 Å². The zero-order valence-corrected chi connectivity index (χ0v) is 13.8. The van der Waals surface area contributed by atoms with Crippen LogP contribution in [-0.2, 0) is 4.79 Å². The number of fused-ring (bicyclic) bond motifs is 1. The first kappa shape index (κ1) is 14.9. The summed E-state index contributed by atoms with van der Waals surface area (Å²) >= 11 is 9.40. The van der Waals surface area contributed by atoms with Crippen molar-refractivity contribution in [2.45, 2.75) is 25.3 Å². The Hall–Kier alpha value is -1.07. The topological polar surface area (TPSA) is 49.4 Å². The molecule has 112 valence electrons. The fraction of sp³-hybridized carbons (Fsp3) is 0.467. The summed E-state index contributed by atoms with van der Waals surface area (Å²) in [6.45, 7) is 1.36. The van der Waals surface area contributed by atoms with E-state index in [1.807, 2.05) is 4.90 Å². The Morgan fingerprint density at radius 2 is 2.19 bits per heavy atom. The zero-order chi connectivity index (χ0) is 15.0. The molecule has 2 atom stereocenters. The largest absolute Gasteiger partial charge is 0.353 e. The van der Waals surface area contributed by atoms with E-state index < -0.39 is 0 Å². The van der Waals surface area contributed by atoms with Crippen molar-refractivity contribution in [1.29, 1.82) is 0 Å². The van der Waals surface area contributed by atoms with Crippen molar-refractivity contribution in [2.24, 2.45) is 5.92 Å². The third-order valence-electron chi connectivity index (χ3n) is 4.27. The van der Waals surface area contributed by atoms with E-state index in [9.17, 15) is 9.59 Å². The van der Waals surface area contributed by atoms with E-state index in [1.165, 1.54) is 0 Å². The highest BCUT2D eigenvalue weighted by Crippen LogP contribution is 2.28. The second kappa shape index (κ2) is 5.97. The van der Waals surface area contributed by atoms with Gasteiger partial charge in [-0.15, -0.1) is 0 Å². The minimum atomic E-state index is -0.000255. The van der Waals surface area contributed by atoms with Gasteiger partial charge in [-0.05, 0) is 52.9 Å². The third kappa shape index (κ3) is 3.09. The summed E-state index contributed by atoms with van der Waals surface area (Å²) in [5, 5.41) is 3.59. The highest BCUT2D eigenvalue weighted by Gasteiger charge is 2.35. The highest BCUT2D eigenvalue weighted by molar-refractivity contribution is 9.10. The number of benzene rings is 1. The predicted molar refractivity (Wildman–Crippen MR) is 84.3 cm³/mol. The summed E-state index contributed by atoms with van der Waals surface area (Å²) in [7, 11) is 0. The smallest absolute Gasteiger partial charge is 0.255 e. The molecule has 0 saturated carbocycles. The van der Waals surface area contributed by atoms with Gasteiger partial charge in [0.15, 0.2) is 0 Å². The summed E-state index contributed by atoms with van der Waals surface area (Å²) in [4.78, 5) is 26.0. The zero-order valence-electron chi connectivity index (χ0n) is 11.4. The van der Waals surface area contributed by atoms with E-state index in [2.05, 4.69) is 21.2 Å². The first-order valence-corrected chi connectivity index (χ1v) is 8.25. The van der Waals surface area contributed by atoms with Crippen LogP contribution in [-0.4, -0.2) is 35.8 Å². The van der Waals surface area contributed by atoms with E-state index in [0.717, 1.165) is 17.3 Å². The number of piperidine rings is 2. The van der Waals surface area contributed by atoms with E-state index >= 15 is 0 Å². The minimum absolute atomic E-state index is 0.000255. The van der Waals surface area contributed by atoms with Crippen molar-refractivity contribution in [2.75, 3.05) is 13.1 Å². The number of nitrogens with one attached hydrogen (secondary N) is 1. The molecule has 2 unspecified atom stereocenters. The summed E-state index contributed by atoms with van der Waals surface area (Å²) in [5.74, 6) is 0.492. The molecule has 21 heavy (non-hydrogen) atoms. The van der Waals surface area contributed by atoms with Crippen LogP contribution < -0.4 is 5.32 Å². The lowest BCUT2D eigenvalue weighted by Crippen LogP contribution is -2.55. The molecule has 2 saturated heterocycles. The second-order valence-electron chi connectivity index (χ2n) is 5.64. The number of hydrogen-bond donors (Lipinski definition) is 1. The maximum absolute atomic E-state index is 12.7. The van der Waals surface area contributed by atoms with Gasteiger partial charge in [-0.1, -0.05) is 11.6 Å². The number of amides is 2. The predicted octanol–water partition coefficient (Wildman–Crippen LogP) is 2.84. The van der Waals surface area contributed by atoms with Crippen molar-refractivity contribution in [1.82, 2.24) is 10.2 Å². The molecule has 2 amide bonds. The molecule has 0 spiro atoms. The maximum Gasteiger partial charge on any atom is 0.255 e. The SMILES string of the molecule is O=C1CCC2CN(C(=O)c3cc(Cl)ccc3Br)CCC2N1. The molecule has 3 rings (SSSR count). The molecule has 1 N–H and O–H groups in total. The van der Waals surface area contributed by atoms with Crippen LogP contribution in [0, 0.1) is 5.92 Å². The summed E-state index contributed by atoms with van der Waals surface area (Å²) in [5.41, 5.74) is 0.598. The van der Waals surface area contributed by atoms with Crippen LogP contribution in [0.15, 0.2) is 22.7 Å². The van der Waals surface area contributed by atoms with E-state index in [0.29, 0.717) is 36.0 Å². The molecular formula is C15H16BrClN2O2. The molecule has 4 nitrogen and oxygen atoms in total. The van der Waals surface area contributed by atoms with E-state index in [-0.39, 0.29) is 17.9 Å². The van der Waals surface area contributed by atoms with Crippen LogP contribution in [0.3, 0.4) is 0 Å². The van der Waals surface area contributed by atoms with Crippen molar-refractivity contribution < 1.29 is 9.59 Å². The van der Waals surface area contributed by atoms with Gasteiger partial charge in [-0.25, -0.2) is 0 Å². The average Bonchev–Trinajstić information content (AvgIpc) is 2.48. The van der Waals surface area contributed by atoms with Gasteiger partial charge in [0.05, 0.1) is 5.56 Å². The van der Waals surface area contributed by atoms with Crippen LogP contribution in [0.1, 0.15) is 29.6 Å². The quantitative estimate of drug-likeness (QED) is 0.825. The normalized spacial score (nSPS) is 25.2. The first-order valence-electron chi connectivity index (χ1n) is 7.08. The molecule has 2 heterocycles. The minimum Gasteiger partial charge on any atom is -0.353 e. The van der Waals surface area contributed by atoms with Crippen LogP contribution >= 0.6 is 27.5 Å². The first-order chi connectivity index (χ1) is 10.0. The van der Waals surface area contributed by atoms with Gasteiger partial charge in [0.25, 0.3) is 5.91 Å². The van der Waals surface area contributed by atoms with Gasteiger partial charge in [-0.3, -0.25) is 9.59 Å². The van der Waals surface area contributed by atoms with Crippen LogP contribution in [0.5, 0.6) is 0 Å². The molecule has 6 heteroatoms. The molecule has 0 radical (unpaired) electrons. The molecule has 0 aromatic heterocycles. The molecule has 2 aliphatic rings. The fourth-order valence-corrected chi connectivity index (χ4v) is 3.71. The number of nitrogens with zero attached hydrogens (tertiary/aromatic N) is 1. The van der Waals surface area contributed by atoms with Gasteiger partial charge in [-0.2, -0.15) is 0 Å². The number of hydrogen-bond acceptors (Lipinski definition) is 2. The van der Waals surface area contributed by atoms with Crippen LogP contribution in [0.4, 0.5) is 0 Å². The lowest BCUT2D eigenvalue weighted by Gasteiger charge is -2.41. The van der Waals surface area contributed by atoms with Crippen LogP contribution in [0.25, 0.3) is 0 Å². The fourth-order valence-electron chi connectivity index (χ4n) is 3.13. The summed E-state index contributed by atoms with van der Waals surface area (Å²) in [6, 6.07) is 5.47. The van der Waals surface area contributed by atoms with Gasteiger partial charge in [0.1, 0.15) is 0 Å². The number of carbonyl (C=O) groups excluding carboxylic acids is 2. The van der Waals surface area contributed by atoms with Gasteiger partial charge >= 0.3 is 0 Å². The number of halogens is 2. The Morgan fingerprint density at radius 1 is 1.38 bits per heavy atom. The lowest BCUT2D eigenvalue weighted by atomic mass is 9.85. The Morgan fingerprint density at radius 3 is 3.00 bits per heavy atom. The summed E-state index contributed by atoms with van der Waals surface area (Å²) < 4.78 is 0.760. The highest BCUT2D eigenvalue weighted by atomic mass is 79.9.